The number of hydrogen-bond donors (Lipinski definition) is 1. The number of thioether (sulfide) groups is 1. The molecule has 0 heterocycles. The number of anilines is 1. The predicted octanol–water partition coefficient (Wildman–Crippen LogP) is 3.86. The molecule has 0 aliphatic rings. The molecule has 14 heavy (non-hydrogen) atoms. The molecule has 1 aromatic carbocycles. The van der Waals surface area contributed by atoms with Gasteiger partial charge in [-0.15, -0.1) is 11.8 Å². The molecule has 0 saturated carbocycles. The lowest BCUT2D eigenvalue weighted by molar-refractivity contribution is 0.778. The van der Waals surface area contributed by atoms with Gasteiger partial charge in [0.15, 0.2) is 0 Å². The molecule has 78 valence electrons. The van der Waals surface area contributed by atoms with Crippen LogP contribution in [-0.4, -0.2) is 5.75 Å². The second kappa shape index (κ2) is 5.97. The van der Waals surface area contributed by atoms with Gasteiger partial charge in [-0.25, -0.2) is 0 Å². The lowest BCUT2D eigenvalue weighted by Crippen LogP contribution is -1.91. The van der Waals surface area contributed by atoms with Gasteiger partial charge in [0, 0.05) is 10.6 Å². The number of rotatable bonds is 5. The molecule has 1 rings (SSSR count). The van der Waals surface area contributed by atoms with Crippen LogP contribution >= 0.6 is 11.8 Å². The van der Waals surface area contributed by atoms with Crippen molar-refractivity contribution in [2.75, 3.05) is 11.5 Å². The highest BCUT2D eigenvalue weighted by Crippen LogP contribution is 2.29. The summed E-state index contributed by atoms with van der Waals surface area (Å²) in [6, 6.07) is 6.12. The van der Waals surface area contributed by atoms with Gasteiger partial charge in [-0.1, -0.05) is 31.9 Å². The van der Waals surface area contributed by atoms with Crippen LogP contribution in [0, 0.1) is 6.92 Å². The molecular formula is C12H19NS. The second-order valence-electron chi connectivity index (χ2n) is 3.55. The summed E-state index contributed by atoms with van der Waals surface area (Å²) >= 11 is 1.89. The number of unbranched alkanes of at least 4 members (excludes halogenated alkanes) is 2. The summed E-state index contributed by atoms with van der Waals surface area (Å²) in [4.78, 5) is 1.27. The van der Waals surface area contributed by atoms with Crippen LogP contribution in [0.3, 0.4) is 0 Å². The fourth-order valence-electron chi connectivity index (χ4n) is 1.40. The van der Waals surface area contributed by atoms with Crippen molar-refractivity contribution < 1.29 is 0 Å². The SMILES string of the molecule is CCCCCSc1c(C)cccc1N. The number of aryl methyl sites for hydroxylation is 1. The van der Waals surface area contributed by atoms with Crippen LogP contribution < -0.4 is 5.73 Å². The summed E-state index contributed by atoms with van der Waals surface area (Å²) < 4.78 is 0. The third-order valence-corrected chi connectivity index (χ3v) is 3.58. The number of benzene rings is 1. The minimum absolute atomic E-state index is 0.923. The van der Waals surface area contributed by atoms with E-state index in [1.165, 1.54) is 35.5 Å². The van der Waals surface area contributed by atoms with E-state index in [-0.39, 0.29) is 0 Å². The van der Waals surface area contributed by atoms with E-state index < -0.39 is 0 Å². The third kappa shape index (κ3) is 3.26. The molecule has 0 aliphatic carbocycles. The summed E-state index contributed by atoms with van der Waals surface area (Å²) in [7, 11) is 0. The first-order valence-electron chi connectivity index (χ1n) is 5.23. The molecule has 0 spiro atoms. The van der Waals surface area contributed by atoms with Gasteiger partial charge in [0.05, 0.1) is 0 Å². The molecule has 2 heteroatoms. The predicted molar refractivity (Wildman–Crippen MR) is 65.8 cm³/mol. The smallest absolute Gasteiger partial charge is 0.0454 e. The number of nitrogen functional groups attached to an aromatic ring is 1. The fourth-order valence-corrected chi connectivity index (χ4v) is 2.48. The van der Waals surface area contributed by atoms with Crippen LogP contribution in [0.2, 0.25) is 0 Å². The Labute approximate surface area is 91.1 Å². The zero-order valence-corrected chi connectivity index (χ0v) is 9.86. The molecule has 0 amide bonds. The van der Waals surface area contributed by atoms with E-state index in [0.29, 0.717) is 0 Å². The average molecular weight is 209 g/mol. The summed E-state index contributed by atoms with van der Waals surface area (Å²) in [5.74, 6) is 1.18. The first kappa shape index (κ1) is 11.4. The minimum atomic E-state index is 0.923. The molecule has 0 atom stereocenters. The quantitative estimate of drug-likeness (QED) is 0.453. The number of nitrogens with two attached hydrogens (primary N) is 1. The summed E-state index contributed by atoms with van der Waals surface area (Å²) in [6.45, 7) is 4.35. The van der Waals surface area contributed by atoms with E-state index in [1.54, 1.807) is 0 Å². The molecule has 0 aromatic heterocycles. The Kier molecular flexibility index (Phi) is 4.88. The van der Waals surface area contributed by atoms with Gasteiger partial charge in [-0.05, 0) is 30.7 Å². The van der Waals surface area contributed by atoms with Crippen LogP contribution in [0.1, 0.15) is 31.7 Å². The van der Waals surface area contributed by atoms with E-state index in [2.05, 4.69) is 19.9 Å². The highest BCUT2D eigenvalue weighted by atomic mass is 32.2. The van der Waals surface area contributed by atoms with E-state index >= 15 is 0 Å². The second-order valence-corrected chi connectivity index (χ2v) is 4.65. The Balaban J connectivity index is 2.49. The van der Waals surface area contributed by atoms with Gasteiger partial charge in [-0.2, -0.15) is 0 Å². The molecule has 0 unspecified atom stereocenters. The van der Waals surface area contributed by atoms with Gasteiger partial charge in [0.25, 0.3) is 0 Å². The summed E-state index contributed by atoms with van der Waals surface area (Å²) in [5, 5.41) is 0. The lowest BCUT2D eigenvalue weighted by Gasteiger charge is -2.08. The van der Waals surface area contributed by atoms with Crippen molar-refractivity contribution in [3.8, 4) is 0 Å². The minimum Gasteiger partial charge on any atom is -0.398 e. The van der Waals surface area contributed by atoms with Crippen LogP contribution in [0.25, 0.3) is 0 Å². The number of hydrogen-bond acceptors (Lipinski definition) is 2. The monoisotopic (exact) mass is 209 g/mol. The van der Waals surface area contributed by atoms with Crippen molar-refractivity contribution in [3.05, 3.63) is 23.8 Å². The molecule has 0 saturated heterocycles. The topological polar surface area (TPSA) is 26.0 Å². The zero-order chi connectivity index (χ0) is 10.4. The van der Waals surface area contributed by atoms with Crippen molar-refractivity contribution >= 4 is 17.4 Å². The first-order chi connectivity index (χ1) is 6.75. The van der Waals surface area contributed by atoms with Crippen molar-refractivity contribution in [1.82, 2.24) is 0 Å². The molecule has 2 N–H and O–H groups in total. The molecule has 0 fully saturated rings. The standard InChI is InChI=1S/C12H19NS/c1-3-4-5-9-14-12-10(2)7-6-8-11(12)13/h6-8H,3-5,9,13H2,1-2H3. The lowest BCUT2D eigenvalue weighted by atomic mass is 10.2. The van der Waals surface area contributed by atoms with Gasteiger partial charge in [-0.3, -0.25) is 0 Å². The first-order valence-corrected chi connectivity index (χ1v) is 6.22. The van der Waals surface area contributed by atoms with Crippen molar-refractivity contribution in [1.29, 1.82) is 0 Å². The highest BCUT2D eigenvalue weighted by Gasteiger charge is 2.02. The Hall–Kier alpha value is -0.630. The average Bonchev–Trinajstić information content (AvgIpc) is 2.16. The molecule has 0 aliphatic heterocycles. The highest BCUT2D eigenvalue weighted by molar-refractivity contribution is 7.99. The van der Waals surface area contributed by atoms with Crippen LogP contribution in [0.15, 0.2) is 23.1 Å². The van der Waals surface area contributed by atoms with Crippen LogP contribution in [0.4, 0.5) is 5.69 Å². The molecule has 0 radical (unpaired) electrons. The maximum atomic E-state index is 5.92. The summed E-state index contributed by atoms with van der Waals surface area (Å²) in [6.07, 6.45) is 3.89. The van der Waals surface area contributed by atoms with E-state index in [9.17, 15) is 0 Å². The van der Waals surface area contributed by atoms with Gasteiger partial charge >= 0.3 is 0 Å². The van der Waals surface area contributed by atoms with Crippen molar-refractivity contribution in [3.63, 3.8) is 0 Å². The van der Waals surface area contributed by atoms with Crippen LogP contribution in [-0.2, 0) is 0 Å². The maximum Gasteiger partial charge on any atom is 0.0454 e. The Morgan fingerprint density at radius 1 is 1.29 bits per heavy atom. The molecular weight excluding hydrogens is 190 g/mol. The zero-order valence-electron chi connectivity index (χ0n) is 9.05. The molecule has 1 nitrogen and oxygen atoms in total. The van der Waals surface area contributed by atoms with Gasteiger partial charge in [0.1, 0.15) is 0 Å². The van der Waals surface area contributed by atoms with Gasteiger partial charge in [0.2, 0.25) is 0 Å². The Bertz CT molecular complexity index is 263. The maximum absolute atomic E-state index is 5.92. The van der Waals surface area contributed by atoms with E-state index in [1.807, 2.05) is 23.9 Å². The van der Waals surface area contributed by atoms with E-state index in [0.717, 1.165) is 5.69 Å². The van der Waals surface area contributed by atoms with E-state index in [4.69, 9.17) is 5.73 Å². The largest absolute Gasteiger partial charge is 0.398 e. The van der Waals surface area contributed by atoms with Gasteiger partial charge < -0.3 is 5.73 Å². The summed E-state index contributed by atoms with van der Waals surface area (Å²) in [5.41, 5.74) is 8.14. The van der Waals surface area contributed by atoms with Crippen molar-refractivity contribution in [2.24, 2.45) is 0 Å². The Morgan fingerprint density at radius 3 is 2.71 bits per heavy atom. The normalized spacial score (nSPS) is 10.4. The third-order valence-electron chi connectivity index (χ3n) is 2.24. The van der Waals surface area contributed by atoms with Crippen molar-refractivity contribution in [2.45, 2.75) is 38.0 Å². The van der Waals surface area contributed by atoms with Crippen LogP contribution in [0.5, 0.6) is 0 Å². The Morgan fingerprint density at radius 2 is 2.07 bits per heavy atom. The fraction of sp³-hybridized carbons (Fsp3) is 0.500. The molecule has 1 aromatic rings. The molecule has 0 bridgehead atoms.